The lowest BCUT2D eigenvalue weighted by molar-refractivity contribution is -0.127. The molecule has 8 heteroatoms. The van der Waals surface area contributed by atoms with Gasteiger partial charge in [-0.05, 0) is 75.3 Å². The number of carbonyl (C=O) groups is 2. The first-order chi connectivity index (χ1) is 15.8. The van der Waals surface area contributed by atoms with E-state index in [1.165, 1.54) is 6.08 Å². The number of nitrogens with two attached hydrogens (primary N) is 1. The van der Waals surface area contributed by atoms with E-state index in [4.69, 9.17) is 15.6 Å². The molecule has 2 aliphatic heterocycles. The van der Waals surface area contributed by atoms with Gasteiger partial charge in [-0.2, -0.15) is 5.10 Å². The first-order valence-corrected chi connectivity index (χ1v) is 11.7. The van der Waals surface area contributed by atoms with Crippen molar-refractivity contribution in [2.75, 3.05) is 31.6 Å². The Balaban J connectivity index is 1.72. The topological polar surface area (TPSA) is 102 Å². The van der Waals surface area contributed by atoms with E-state index in [0.717, 1.165) is 48.2 Å². The predicted octanol–water partition coefficient (Wildman–Crippen LogP) is 3.45. The minimum absolute atomic E-state index is 0.0170. The molecule has 176 valence electrons. The molecule has 0 saturated carbocycles. The number of likely N-dealkylation sites (tertiary alicyclic amines) is 1. The van der Waals surface area contributed by atoms with Crippen LogP contribution in [0, 0.1) is 19.8 Å². The van der Waals surface area contributed by atoms with E-state index in [9.17, 15) is 9.59 Å². The van der Waals surface area contributed by atoms with Crippen LogP contribution in [0.3, 0.4) is 0 Å². The summed E-state index contributed by atoms with van der Waals surface area (Å²) in [5.41, 5.74) is 9.83. The molecule has 3 heterocycles. The molecular formula is C25H33N5O3. The molecule has 4 rings (SSSR count). The van der Waals surface area contributed by atoms with Crippen LogP contribution in [0.15, 0.2) is 24.8 Å². The van der Waals surface area contributed by atoms with E-state index in [-0.39, 0.29) is 11.9 Å². The van der Waals surface area contributed by atoms with Crippen LogP contribution in [0.25, 0.3) is 11.3 Å². The Labute approximate surface area is 194 Å². The molecule has 1 saturated heterocycles. The fourth-order valence-electron chi connectivity index (χ4n) is 5.08. The zero-order valence-electron chi connectivity index (χ0n) is 19.7. The molecule has 3 N–H and O–H groups in total. The first kappa shape index (κ1) is 22.9. The summed E-state index contributed by atoms with van der Waals surface area (Å²) in [6.45, 7) is 12.3. The van der Waals surface area contributed by atoms with Gasteiger partial charge in [0.25, 0.3) is 5.91 Å². The number of aryl methyl sites for hydroxylation is 1. The van der Waals surface area contributed by atoms with Crippen molar-refractivity contribution in [3.63, 3.8) is 0 Å². The van der Waals surface area contributed by atoms with Gasteiger partial charge in [0.2, 0.25) is 5.91 Å². The van der Waals surface area contributed by atoms with Crippen LogP contribution < -0.4 is 15.8 Å². The molecule has 1 aromatic heterocycles. The van der Waals surface area contributed by atoms with E-state index in [1.807, 2.05) is 42.5 Å². The second-order valence-corrected chi connectivity index (χ2v) is 8.88. The van der Waals surface area contributed by atoms with E-state index in [1.54, 1.807) is 0 Å². The van der Waals surface area contributed by atoms with Crippen LogP contribution in [0.2, 0.25) is 0 Å². The second-order valence-electron chi connectivity index (χ2n) is 8.88. The Morgan fingerprint density at radius 1 is 1.27 bits per heavy atom. The molecule has 33 heavy (non-hydrogen) atoms. The minimum atomic E-state index is -0.498. The lowest BCUT2D eigenvalue weighted by Gasteiger charge is -2.38. The maximum atomic E-state index is 12.6. The fraction of sp³-hybridized carbons (Fsp3) is 0.480. The number of fused-ring (bicyclic) bond motifs is 1. The van der Waals surface area contributed by atoms with Crippen molar-refractivity contribution in [2.24, 2.45) is 11.7 Å². The van der Waals surface area contributed by atoms with Crippen LogP contribution in [0.4, 0.5) is 5.82 Å². The summed E-state index contributed by atoms with van der Waals surface area (Å²) in [6, 6.07) is 4.13. The first-order valence-electron chi connectivity index (χ1n) is 11.7. The van der Waals surface area contributed by atoms with Crippen molar-refractivity contribution in [1.29, 1.82) is 0 Å². The molecule has 0 radical (unpaired) electrons. The molecule has 1 fully saturated rings. The van der Waals surface area contributed by atoms with Gasteiger partial charge in [0.1, 0.15) is 22.8 Å². The number of ether oxygens (including phenoxy) is 1. The highest BCUT2D eigenvalue weighted by Gasteiger charge is 2.35. The highest BCUT2D eigenvalue weighted by atomic mass is 16.5. The number of hydrogen-bond acceptors (Lipinski definition) is 5. The zero-order chi connectivity index (χ0) is 23.7. The van der Waals surface area contributed by atoms with Gasteiger partial charge in [-0.3, -0.25) is 9.59 Å². The molecule has 2 aromatic rings. The minimum Gasteiger partial charge on any atom is -0.494 e. The van der Waals surface area contributed by atoms with Gasteiger partial charge < -0.3 is 20.7 Å². The highest BCUT2D eigenvalue weighted by Crippen LogP contribution is 2.41. The molecule has 1 aromatic carbocycles. The smallest absolute Gasteiger partial charge is 0.254 e. The van der Waals surface area contributed by atoms with Crippen LogP contribution >= 0.6 is 0 Å². The molecule has 8 nitrogen and oxygen atoms in total. The maximum absolute atomic E-state index is 12.6. The highest BCUT2D eigenvalue weighted by molar-refractivity contribution is 6.04. The van der Waals surface area contributed by atoms with E-state index in [2.05, 4.69) is 11.9 Å². The zero-order valence-corrected chi connectivity index (χ0v) is 19.7. The van der Waals surface area contributed by atoms with Gasteiger partial charge in [-0.1, -0.05) is 6.58 Å². The third-order valence-corrected chi connectivity index (χ3v) is 6.97. The van der Waals surface area contributed by atoms with Crippen LogP contribution in [-0.4, -0.2) is 52.7 Å². The van der Waals surface area contributed by atoms with Crippen molar-refractivity contribution >= 4 is 17.6 Å². The van der Waals surface area contributed by atoms with E-state index >= 15 is 0 Å². The Hall–Kier alpha value is -3.29. The number of carbonyl (C=O) groups excluding carboxylic acids is 2. The summed E-state index contributed by atoms with van der Waals surface area (Å²) in [5.74, 6) is 1.33. The Kier molecular flexibility index (Phi) is 6.44. The van der Waals surface area contributed by atoms with E-state index < -0.39 is 5.91 Å². The molecular weight excluding hydrogens is 418 g/mol. The average molecular weight is 452 g/mol. The summed E-state index contributed by atoms with van der Waals surface area (Å²) in [7, 11) is 0. The maximum Gasteiger partial charge on any atom is 0.254 e. The van der Waals surface area contributed by atoms with Crippen molar-refractivity contribution in [3.8, 4) is 17.0 Å². The number of amides is 2. The fourth-order valence-corrected chi connectivity index (χ4v) is 5.08. The summed E-state index contributed by atoms with van der Waals surface area (Å²) in [6.07, 6.45) is 4.07. The second kappa shape index (κ2) is 9.29. The van der Waals surface area contributed by atoms with Gasteiger partial charge in [0.15, 0.2) is 0 Å². The Morgan fingerprint density at radius 2 is 2.00 bits per heavy atom. The normalized spacial score (nSPS) is 18.4. The summed E-state index contributed by atoms with van der Waals surface area (Å²) in [5, 5.41) is 8.31. The number of nitrogens with zero attached hydrogens (tertiary/aromatic N) is 3. The Bertz CT molecular complexity index is 1080. The summed E-state index contributed by atoms with van der Waals surface area (Å²) >= 11 is 0. The van der Waals surface area contributed by atoms with Crippen LogP contribution in [0.5, 0.6) is 5.75 Å². The van der Waals surface area contributed by atoms with Crippen molar-refractivity contribution in [3.05, 3.63) is 41.5 Å². The van der Waals surface area contributed by atoms with Gasteiger partial charge >= 0.3 is 0 Å². The number of nitrogens with one attached hydrogen (secondary N) is 1. The average Bonchev–Trinajstić information content (AvgIpc) is 3.21. The largest absolute Gasteiger partial charge is 0.494 e. The lowest BCUT2D eigenvalue weighted by atomic mass is 9.87. The SMILES string of the molecule is C=CC(=O)N1CCC(C2CCNc3c(C(N)=O)c(-c4cc(C)c(C)c(OCC)c4)nn32)CC1. The van der Waals surface area contributed by atoms with Gasteiger partial charge in [0, 0.05) is 25.2 Å². The Morgan fingerprint density at radius 3 is 2.64 bits per heavy atom. The number of hydrogen-bond donors (Lipinski definition) is 2. The molecule has 0 aliphatic carbocycles. The number of aromatic nitrogens is 2. The van der Waals surface area contributed by atoms with E-state index in [0.29, 0.717) is 42.7 Å². The van der Waals surface area contributed by atoms with Gasteiger partial charge in [-0.15, -0.1) is 0 Å². The summed E-state index contributed by atoms with van der Waals surface area (Å²) < 4.78 is 7.79. The molecule has 2 aliphatic rings. The summed E-state index contributed by atoms with van der Waals surface area (Å²) in [4.78, 5) is 26.4. The van der Waals surface area contributed by atoms with Crippen molar-refractivity contribution in [2.45, 2.75) is 46.1 Å². The number of rotatable bonds is 6. The van der Waals surface area contributed by atoms with Crippen molar-refractivity contribution < 1.29 is 14.3 Å². The predicted molar refractivity (Wildman–Crippen MR) is 128 cm³/mol. The molecule has 0 spiro atoms. The molecule has 2 amide bonds. The van der Waals surface area contributed by atoms with Gasteiger partial charge in [0.05, 0.1) is 12.6 Å². The van der Waals surface area contributed by atoms with Gasteiger partial charge in [-0.25, -0.2) is 4.68 Å². The number of anilines is 1. The molecule has 1 atom stereocenters. The third kappa shape index (κ3) is 4.21. The number of benzene rings is 1. The monoisotopic (exact) mass is 451 g/mol. The van der Waals surface area contributed by atoms with Crippen molar-refractivity contribution in [1.82, 2.24) is 14.7 Å². The van der Waals surface area contributed by atoms with Crippen LogP contribution in [-0.2, 0) is 4.79 Å². The molecule has 1 unspecified atom stereocenters. The van der Waals surface area contributed by atoms with Crippen LogP contribution in [0.1, 0.15) is 53.7 Å². The lowest BCUT2D eigenvalue weighted by Crippen LogP contribution is -2.41. The standard InChI is InChI=1S/C25H33N5O3/c1-5-21(31)29-11-8-17(9-12-29)19-7-10-27-25-22(24(26)32)23(28-30(19)25)18-13-15(3)16(4)20(14-18)33-6-2/h5,13-14,17,19,27H,1,6-12H2,2-4H3,(H2,26,32). The number of primary amides is 1. The third-order valence-electron chi connectivity index (χ3n) is 6.97. The quantitative estimate of drug-likeness (QED) is 0.655. The number of piperidine rings is 1. The molecule has 0 bridgehead atoms.